The fraction of sp³-hybridized carbons (Fsp3) is 0.269. The highest BCUT2D eigenvalue weighted by Crippen LogP contribution is 2.61. The van der Waals surface area contributed by atoms with Crippen LogP contribution in [-0.2, 0) is 10.3 Å². The number of hydrogen-bond donors (Lipinski definition) is 1. The van der Waals surface area contributed by atoms with E-state index in [1.807, 2.05) is 31.2 Å². The number of carbonyl (C=O) groups excluding carboxylic acids is 2. The van der Waals surface area contributed by atoms with Crippen LogP contribution in [0.25, 0.3) is 0 Å². The van der Waals surface area contributed by atoms with Crippen LogP contribution in [0, 0.1) is 23.0 Å². The third-order valence-corrected chi connectivity index (χ3v) is 8.48. The van der Waals surface area contributed by atoms with Crippen LogP contribution >= 0.6 is 11.8 Å². The van der Waals surface area contributed by atoms with E-state index in [-0.39, 0.29) is 29.1 Å². The van der Waals surface area contributed by atoms with Crippen molar-refractivity contribution in [1.29, 1.82) is 0 Å². The number of thioether (sulfide) groups is 1. The average Bonchev–Trinajstić information content (AvgIpc) is 3.52. The molecule has 2 aromatic carbocycles. The van der Waals surface area contributed by atoms with E-state index in [0.29, 0.717) is 17.1 Å². The first-order valence-corrected chi connectivity index (χ1v) is 12.5. The van der Waals surface area contributed by atoms with Crippen LogP contribution in [0.1, 0.15) is 33.1 Å². The maximum Gasteiger partial charge on any atom is 0.269 e. The zero-order valence-corrected chi connectivity index (χ0v) is 19.7. The first-order chi connectivity index (χ1) is 16.9. The number of aryl methyl sites for hydroxylation is 1. The molecule has 0 unspecified atom stereocenters. The van der Waals surface area contributed by atoms with Gasteiger partial charge in [-0.1, -0.05) is 35.9 Å². The van der Waals surface area contributed by atoms with Crippen molar-refractivity contribution in [2.45, 2.75) is 24.4 Å². The number of nitrogens with zero attached hydrogens (tertiary/aromatic N) is 3. The number of hydrogen-bond acceptors (Lipinski definition) is 7. The molecule has 1 aromatic heterocycles. The molecule has 4 atom stereocenters. The van der Waals surface area contributed by atoms with Crippen molar-refractivity contribution < 1.29 is 14.5 Å². The number of ketones is 1. The fourth-order valence-corrected chi connectivity index (χ4v) is 7.40. The smallest absolute Gasteiger partial charge is 0.269 e. The van der Waals surface area contributed by atoms with E-state index in [0.717, 1.165) is 16.9 Å². The molecule has 0 aliphatic carbocycles. The predicted molar refractivity (Wildman–Crippen MR) is 132 cm³/mol. The molecule has 1 amide bonds. The van der Waals surface area contributed by atoms with Crippen molar-refractivity contribution >= 4 is 34.8 Å². The van der Waals surface area contributed by atoms with E-state index in [4.69, 9.17) is 0 Å². The summed E-state index contributed by atoms with van der Waals surface area (Å²) in [5.41, 5.74) is 2.21. The summed E-state index contributed by atoms with van der Waals surface area (Å²) in [5.74, 6) is -0.373. The highest BCUT2D eigenvalue weighted by atomic mass is 32.2. The summed E-state index contributed by atoms with van der Waals surface area (Å²) < 4.78 is 0. The van der Waals surface area contributed by atoms with E-state index in [9.17, 15) is 19.7 Å². The normalized spacial score (nSPS) is 27.0. The van der Waals surface area contributed by atoms with Gasteiger partial charge in [0.1, 0.15) is 11.2 Å². The number of nitro groups is 1. The second-order valence-corrected chi connectivity index (χ2v) is 10.2. The minimum absolute atomic E-state index is 0.0307. The van der Waals surface area contributed by atoms with Gasteiger partial charge in [-0.05, 0) is 30.7 Å². The molecule has 1 spiro atoms. The Morgan fingerprint density at radius 3 is 2.83 bits per heavy atom. The van der Waals surface area contributed by atoms with Crippen LogP contribution < -0.4 is 5.32 Å². The molecular weight excluding hydrogens is 464 g/mol. The van der Waals surface area contributed by atoms with E-state index in [2.05, 4.69) is 15.2 Å². The molecule has 9 heteroatoms. The maximum atomic E-state index is 14.3. The highest BCUT2D eigenvalue weighted by molar-refractivity contribution is 7.99. The highest BCUT2D eigenvalue weighted by Gasteiger charge is 2.69. The van der Waals surface area contributed by atoms with Gasteiger partial charge in [-0.15, -0.1) is 11.8 Å². The topological polar surface area (TPSA) is 105 Å². The van der Waals surface area contributed by atoms with Crippen molar-refractivity contribution in [3.8, 4) is 0 Å². The van der Waals surface area contributed by atoms with Crippen LogP contribution in [0.15, 0.2) is 66.9 Å². The summed E-state index contributed by atoms with van der Waals surface area (Å²) in [5, 5.41) is 14.6. The number of nitro benzene ring substituents is 1. The lowest BCUT2D eigenvalue weighted by Crippen LogP contribution is -2.52. The van der Waals surface area contributed by atoms with Crippen LogP contribution in [0.4, 0.5) is 11.4 Å². The van der Waals surface area contributed by atoms with Crippen molar-refractivity contribution in [3.05, 3.63) is 99.4 Å². The Bertz CT molecular complexity index is 1380. The Labute approximate surface area is 205 Å². The zero-order chi connectivity index (χ0) is 24.3. The van der Waals surface area contributed by atoms with Crippen molar-refractivity contribution in [2.24, 2.45) is 5.92 Å². The second kappa shape index (κ2) is 8.00. The number of Topliss-reactive ketones (excluding diaryl/α,β-unsaturated/α-hetero) is 1. The Balaban J connectivity index is 1.63. The molecule has 0 saturated carbocycles. The fourth-order valence-electron chi connectivity index (χ4n) is 6.08. The van der Waals surface area contributed by atoms with Gasteiger partial charge in [0, 0.05) is 53.2 Å². The summed E-state index contributed by atoms with van der Waals surface area (Å²) in [4.78, 5) is 45.9. The third-order valence-electron chi connectivity index (χ3n) is 7.44. The van der Waals surface area contributed by atoms with Gasteiger partial charge in [-0.3, -0.25) is 29.6 Å². The van der Waals surface area contributed by atoms with Crippen LogP contribution in [0.3, 0.4) is 0 Å². The quantitative estimate of drug-likeness (QED) is 0.336. The number of pyridine rings is 1. The Hall–Kier alpha value is -3.56. The monoisotopic (exact) mass is 486 g/mol. The molecule has 3 aliphatic heterocycles. The maximum absolute atomic E-state index is 14.3. The predicted octanol–water partition coefficient (Wildman–Crippen LogP) is 4.12. The molecule has 0 radical (unpaired) electrons. The van der Waals surface area contributed by atoms with Crippen LogP contribution in [-0.4, -0.2) is 44.2 Å². The standard InChI is InChI=1S/C26H22N4O4S/c1-15-8-9-19-18(11-15)26(25(32)28-19)23(24(31)20-7-2-3-10-27-20)22(21-13-35-14-29(21)26)16-5-4-6-17(12-16)30(33)34/h2-12,21-23H,13-14H2,1H3,(H,28,32)/t21-,22-,23-,26+/m0/s1. The molecule has 1 N–H and O–H groups in total. The lowest BCUT2D eigenvalue weighted by molar-refractivity contribution is -0.384. The Kier molecular flexibility index (Phi) is 5.01. The number of fused-ring (bicyclic) bond motifs is 4. The molecule has 8 nitrogen and oxygen atoms in total. The Morgan fingerprint density at radius 1 is 1.20 bits per heavy atom. The molecule has 2 fully saturated rings. The van der Waals surface area contributed by atoms with Gasteiger partial charge in [0.05, 0.1) is 10.8 Å². The zero-order valence-electron chi connectivity index (χ0n) is 18.9. The SMILES string of the molecule is Cc1ccc2c(c1)[C@]1(C(=O)N2)[C@H](C(=O)c2ccccn2)[C@@H](c2cccc([N+](=O)[O-])c2)[C@@H]2CSCN21. The first kappa shape index (κ1) is 21.9. The van der Waals surface area contributed by atoms with Crippen molar-refractivity contribution in [2.75, 3.05) is 16.9 Å². The number of amides is 1. The molecule has 6 rings (SSSR count). The Morgan fingerprint density at radius 2 is 2.06 bits per heavy atom. The summed E-state index contributed by atoms with van der Waals surface area (Å²) in [6.45, 7) is 1.97. The molecule has 3 aromatic rings. The van der Waals surface area contributed by atoms with Gasteiger partial charge in [0.2, 0.25) is 5.91 Å². The summed E-state index contributed by atoms with van der Waals surface area (Å²) in [7, 11) is 0. The number of carbonyl (C=O) groups is 2. The summed E-state index contributed by atoms with van der Waals surface area (Å²) in [6, 6.07) is 17.3. The van der Waals surface area contributed by atoms with Crippen molar-refractivity contribution in [1.82, 2.24) is 9.88 Å². The minimum Gasteiger partial charge on any atom is -0.324 e. The first-order valence-electron chi connectivity index (χ1n) is 11.4. The van der Waals surface area contributed by atoms with Gasteiger partial charge in [-0.25, -0.2) is 0 Å². The molecule has 35 heavy (non-hydrogen) atoms. The number of anilines is 1. The van der Waals surface area contributed by atoms with E-state index >= 15 is 0 Å². The number of rotatable bonds is 4. The third kappa shape index (κ3) is 3.08. The lowest BCUT2D eigenvalue weighted by atomic mass is 9.70. The number of benzene rings is 2. The molecule has 4 heterocycles. The number of non-ortho nitro benzene ring substituents is 1. The van der Waals surface area contributed by atoms with Gasteiger partial charge in [0.15, 0.2) is 5.78 Å². The van der Waals surface area contributed by atoms with Gasteiger partial charge >= 0.3 is 0 Å². The minimum atomic E-state index is -1.22. The van der Waals surface area contributed by atoms with E-state index < -0.39 is 22.3 Å². The van der Waals surface area contributed by atoms with Gasteiger partial charge < -0.3 is 5.32 Å². The molecule has 3 aliphatic rings. The second-order valence-electron chi connectivity index (χ2n) is 9.24. The van der Waals surface area contributed by atoms with Crippen LogP contribution in [0.2, 0.25) is 0 Å². The lowest BCUT2D eigenvalue weighted by Gasteiger charge is -2.36. The molecular formula is C26H22N4O4S. The van der Waals surface area contributed by atoms with E-state index in [1.165, 1.54) is 6.07 Å². The number of aromatic nitrogens is 1. The average molecular weight is 487 g/mol. The molecule has 176 valence electrons. The summed E-state index contributed by atoms with van der Waals surface area (Å²) >= 11 is 1.71. The van der Waals surface area contributed by atoms with E-state index in [1.54, 1.807) is 48.3 Å². The van der Waals surface area contributed by atoms with Crippen LogP contribution in [0.5, 0.6) is 0 Å². The van der Waals surface area contributed by atoms with Gasteiger partial charge in [-0.2, -0.15) is 0 Å². The van der Waals surface area contributed by atoms with Crippen molar-refractivity contribution in [3.63, 3.8) is 0 Å². The van der Waals surface area contributed by atoms with Gasteiger partial charge in [0.25, 0.3) is 5.69 Å². The number of nitrogens with one attached hydrogen (secondary N) is 1. The molecule has 0 bridgehead atoms. The summed E-state index contributed by atoms with van der Waals surface area (Å²) in [6.07, 6.45) is 1.57. The largest absolute Gasteiger partial charge is 0.324 e. The molecule has 2 saturated heterocycles.